The summed E-state index contributed by atoms with van der Waals surface area (Å²) >= 11 is 0. The highest BCUT2D eigenvalue weighted by molar-refractivity contribution is 5.75. The molecule has 84 valence electrons. The predicted octanol–water partition coefficient (Wildman–Crippen LogP) is 0.418. The topological polar surface area (TPSA) is 76.2 Å². The minimum Gasteiger partial charge on any atom is -0.411 e. The Bertz CT molecular complexity index is 588. The molecule has 0 spiro atoms. The van der Waals surface area contributed by atoms with Crippen molar-refractivity contribution in [2.24, 2.45) is 12.2 Å². The summed E-state index contributed by atoms with van der Waals surface area (Å²) in [4.78, 5) is 3.95. The Morgan fingerprint density at radius 1 is 1.35 bits per heavy atom. The van der Waals surface area contributed by atoms with Crippen LogP contribution in [0.4, 0.5) is 0 Å². The summed E-state index contributed by atoms with van der Waals surface area (Å²) in [6.45, 7) is 0. The van der Waals surface area contributed by atoms with Crippen molar-refractivity contribution < 1.29 is 5.21 Å². The van der Waals surface area contributed by atoms with Gasteiger partial charge in [0.05, 0.1) is 18.7 Å². The minimum absolute atomic E-state index is 0.471. The molecule has 0 aromatic carbocycles. The molecule has 2 rings (SSSR count). The van der Waals surface area contributed by atoms with Gasteiger partial charge in [0.15, 0.2) is 0 Å². The third-order valence-electron chi connectivity index (χ3n) is 2.01. The first-order chi connectivity index (χ1) is 8.29. The van der Waals surface area contributed by atoms with E-state index in [1.165, 1.54) is 6.21 Å². The molecule has 0 aliphatic carbocycles. The summed E-state index contributed by atoms with van der Waals surface area (Å²) in [5.74, 6) is 5.79. The van der Waals surface area contributed by atoms with Gasteiger partial charge in [-0.15, -0.1) is 10.2 Å². The van der Waals surface area contributed by atoms with Crippen LogP contribution in [-0.2, 0) is 7.05 Å². The van der Waals surface area contributed by atoms with Gasteiger partial charge in [-0.2, -0.15) is 0 Å². The van der Waals surface area contributed by atoms with Crippen molar-refractivity contribution in [3.8, 4) is 11.8 Å². The summed E-state index contributed by atoms with van der Waals surface area (Å²) in [7, 11) is 1.86. The van der Waals surface area contributed by atoms with Crippen LogP contribution in [0, 0.1) is 11.8 Å². The van der Waals surface area contributed by atoms with Crippen molar-refractivity contribution >= 4 is 6.21 Å². The van der Waals surface area contributed by atoms with Crippen molar-refractivity contribution in [2.75, 3.05) is 0 Å². The number of hydrogen-bond acceptors (Lipinski definition) is 5. The van der Waals surface area contributed by atoms with Crippen LogP contribution in [0.5, 0.6) is 0 Å². The zero-order valence-corrected chi connectivity index (χ0v) is 9.07. The van der Waals surface area contributed by atoms with Crippen LogP contribution in [0.1, 0.15) is 17.1 Å². The Hall–Kier alpha value is -2.68. The third-order valence-corrected chi connectivity index (χ3v) is 2.01. The normalized spacial score (nSPS) is 10.2. The largest absolute Gasteiger partial charge is 0.411 e. The molecule has 0 unspecified atom stereocenters. The molecule has 0 amide bonds. The lowest BCUT2D eigenvalue weighted by Crippen LogP contribution is -1.94. The second-order valence-corrected chi connectivity index (χ2v) is 3.23. The first-order valence-electron chi connectivity index (χ1n) is 4.79. The van der Waals surface area contributed by atoms with Gasteiger partial charge in [0.2, 0.25) is 0 Å². The average Bonchev–Trinajstić information content (AvgIpc) is 2.75. The maximum Gasteiger partial charge on any atom is 0.136 e. The lowest BCUT2D eigenvalue weighted by Gasteiger charge is -1.91. The van der Waals surface area contributed by atoms with Gasteiger partial charge in [-0.3, -0.25) is 0 Å². The summed E-state index contributed by atoms with van der Waals surface area (Å²) in [6.07, 6.45) is 4.55. The molecule has 0 atom stereocenters. The number of imidazole rings is 1. The third kappa shape index (κ3) is 2.66. The van der Waals surface area contributed by atoms with E-state index in [1.54, 1.807) is 24.7 Å². The summed E-state index contributed by atoms with van der Waals surface area (Å²) in [5, 5.41) is 18.8. The molecular weight excluding hydrogens is 218 g/mol. The van der Waals surface area contributed by atoms with Crippen molar-refractivity contribution in [3.05, 3.63) is 41.7 Å². The molecule has 2 heterocycles. The molecule has 6 nitrogen and oxygen atoms in total. The molecule has 0 aliphatic heterocycles. The molecule has 0 saturated carbocycles. The fourth-order valence-corrected chi connectivity index (χ4v) is 1.14. The lowest BCUT2D eigenvalue weighted by atomic mass is 10.3. The van der Waals surface area contributed by atoms with Gasteiger partial charge in [-0.25, -0.2) is 4.98 Å². The monoisotopic (exact) mass is 227 g/mol. The molecule has 17 heavy (non-hydrogen) atoms. The Morgan fingerprint density at radius 2 is 2.24 bits per heavy atom. The van der Waals surface area contributed by atoms with Crippen molar-refractivity contribution in [1.82, 2.24) is 19.7 Å². The number of rotatable bonds is 1. The fraction of sp³-hybridized carbons (Fsp3) is 0.0909. The first kappa shape index (κ1) is 10.8. The standard InChI is InChI=1S/C11H9N5O/c1-16-8-12-7-11(16)5-4-9-2-3-10(6-13-17)15-14-9/h2-3,6-8,17H,1H3/b13-6+. The highest BCUT2D eigenvalue weighted by atomic mass is 16.4. The second kappa shape index (κ2) is 4.90. The van der Waals surface area contributed by atoms with Gasteiger partial charge in [0.25, 0.3) is 0 Å². The molecule has 2 aromatic rings. The Balaban J connectivity index is 2.20. The van der Waals surface area contributed by atoms with E-state index in [-0.39, 0.29) is 0 Å². The van der Waals surface area contributed by atoms with Gasteiger partial charge < -0.3 is 9.77 Å². The van der Waals surface area contributed by atoms with Crippen LogP contribution in [0.25, 0.3) is 0 Å². The van der Waals surface area contributed by atoms with Gasteiger partial charge in [0, 0.05) is 7.05 Å². The van der Waals surface area contributed by atoms with E-state index in [0.717, 1.165) is 5.69 Å². The van der Waals surface area contributed by atoms with E-state index in [2.05, 4.69) is 32.2 Å². The van der Waals surface area contributed by atoms with E-state index in [9.17, 15) is 0 Å². The number of nitrogens with zero attached hydrogens (tertiary/aromatic N) is 5. The molecule has 0 fully saturated rings. The number of aromatic nitrogens is 4. The zero-order chi connectivity index (χ0) is 12.1. The molecule has 0 radical (unpaired) electrons. The smallest absolute Gasteiger partial charge is 0.136 e. The van der Waals surface area contributed by atoms with Gasteiger partial charge in [-0.1, -0.05) is 5.16 Å². The van der Waals surface area contributed by atoms with Crippen molar-refractivity contribution in [1.29, 1.82) is 0 Å². The molecule has 2 aromatic heterocycles. The molecule has 1 N–H and O–H groups in total. The van der Waals surface area contributed by atoms with E-state index < -0.39 is 0 Å². The van der Waals surface area contributed by atoms with E-state index >= 15 is 0 Å². The van der Waals surface area contributed by atoms with Gasteiger partial charge in [-0.05, 0) is 24.0 Å². The van der Waals surface area contributed by atoms with Crippen LogP contribution in [0.2, 0.25) is 0 Å². The van der Waals surface area contributed by atoms with E-state index in [0.29, 0.717) is 11.4 Å². The average molecular weight is 227 g/mol. The SMILES string of the molecule is Cn1cncc1C#Cc1ccc(/C=N/O)nn1. The molecular formula is C11H9N5O. The lowest BCUT2D eigenvalue weighted by molar-refractivity contribution is 0.321. The predicted molar refractivity (Wildman–Crippen MR) is 60.6 cm³/mol. The van der Waals surface area contributed by atoms with Crippen molar-refractivity contribution in [3.63, 3.8) is 0 Å². The zero-order valence-electron chi connectivity index (χ0n) is 9.07. The number of oxime groups is 1. The van der Waals surface area contributed by atoms with Crippen LogP contribution < -0.4 is 0 Å². The molecule has 0 aliphatic rings. The highest BCUT2D eigenvalue weighted by Crippen LogP contribution is 1.95. The van der Waals surface area contributed by atoms with Crippen molar-refractivity contribution in [2.45, 2.75) is 0 Å². The number of aryl methyl sites for hydroxylation is 1. The van der Waals surface area contributed by atoms with Gasteiger partial charge in [0.1, 0.15) is 17.1 Å². The van der Waals surface area contributed by atoms with Crippen LogP contribution >= 0.6 is 0 Å². The van der Waals surface area contributed by atoms with E-state index in [1.807, 2.05) is 11.6 Å². The maximum absolute atomic E-state index is 8.31. The summed E-state index contributed by atoms with van der Waals surface area (Å²) in [6, 6.07) is 3.37. The van der Waals surface area contributed by atoms with Gasteiger partial charge >= 0.3 is 0 Å². The van der Waals surface area contributed by atoms with Crippen LogP contribution in [-0.4, -0.2) is 31.2 Å². The van der Waals surface area contributed by atoms with Crippen LogP contribution in [0.15, 0.2) is 29.8 Å². The highest BCUT2D eigenvalue weighted by Gasteiger charge is 1.94. The molecule has 6 heteroatoms. The summed E-state index contributed by atoms with van der Waals surface area (Å²) in [5.41, 5.74) is 1.81. The maximum atomic E-state index is 8.31. The van der Waals surface area contributed by atoms with Crippen LogP contribution in [0.3, 0.4) is 0 Å². The summed E-state index contributed by atoms with van der Waals surface area (Å²) < 4.78 is 1.81. The fourth-order valence-electron chi connectivity index (χ4n) is 1.14. The van der Waals surface area contributed by atoms with E-state index in [4.69, 9.17) is 5.21 Å². The molecule has 0 saturated heterocycles. The quantitative estimate of drug-likeness (QED) is 0.331. The Kier molecular flexibility index (Phi) is 3.12. The Labute approximate surface area is 97.6 Å². The molecule has 0 bridgehead atoms. The first-order valence-corrected chi connectivity index (χ1v) is 4.79. The minimum atomic E-state index is 0.471. The second-order valence-electron chi connectivity index (χ2n) is 3.23. The Morgan fingerprint density at radius 3 is 2.82 bits per heavy atom. The number of hydrogen-bond donors (Lipinski definition) is 1.